The fourth-order valence-corrected chi connectivity index (χ4v) is 4.28. The quantitative estimate of drug-likeness (QED) is 0.769. The summed E-state index contributed by atoms with van der Waals surface area (Å²) in [5.74, 6) is 0.0645. The number of rotatable bonds is 6. The molecule has 2 aliphatic rings. The van der Waals surface area contributed by atoms with Crippen molar-refractivity contribution in [1.29, 1.82) is 0 Å². The lowest BCUT2D eigenvalue weighted by atomic mass is 9.95. The van der Waals surface area contributed by atoms with Gasteiger partial charge in [0, 0.05) is 30.8 Å². The second-order valence-electron chi connectivity index (χ2n) is 7.49. The maximum absolute atomic E-state index is 12.7. The van der Waals surface area contributed by atoms with Crippen molar-refractivity contribution in [2.45, 2.75) is 51.8 Å². The first kappa shape index (κ1) is 19.2. The summed E-state index contributed by atoms with van der Waals surface area (Å²) in [4.78, 5) is 14.7. The Morgan fingerprint density at radius 2 is 2.14 bits per heavy atom. The zero-order valence-corrected chi connectivity index (χ0v) is 16.6. The van der Waals surface area contributed by atoms with Crippen LogP contribution in [-0.4, -0.2) is 47.0 Å². The van der Waals surface area contributed by atoms with Crippen molar-refractivity contribution in [3.05, 3.63) is 52.8 Å². The summed E-state index contributed by atoms with van der Waals surface area (Å²) < 4.78 is 13.3. The molecule has 6 nitrogen and oxygen atoms in total. The number of carbonyl (C=O) groups is 1. The number of aromatic nitrogens is 2. The molecule has 4 rings (SSSR count). The molecule has 2 aliphatic heterocycles. The van der Waals surface area contributed by atoms with Crippen LogP contribution in [0, 0.1) is 0 Å². The van der Waals surface area contributed by atoms with E-state index in [0.717, 1.165) is 51.1 Å². The van der Waals surface area contributed by atoms with Gasteiger partial charge in [-0.15, -0.1) is 0 Å². The number of fused-ring (bicyclic) bond motifs is 1. The minimum atomic E-state index is 0.0224. The number of benzene rings is 1. The minimum absolute atomic E-state index is 0.0224. The molecular formula is C22H29N3O3. The van der Waals surface area contributed by atoms with E-state index in [4.69, 9.17) is 14.6 Å². The highest BCUT2D eigenvalue weighted by atomic mass is 16.5. The molecule has 0 saturated carbocycles. The Bertz CT molecular complexity index is 803. The first-order valence-corrected chi connectivity index (χ1v) is 10.3. The normalized spacial score (nSPS) is 19.5. The molecule has 0 spiro atoms. The topological polar surface area (TPSA) is 56.6 Å². The molecule has 1 unspecified atom stereocenters. The third-order valence-electron chi connectivity index (χ3n) is 5.67. The molecule has 0 radical (unpaired) electrons. The van der Waals surface area contributed by atoms with Crippen LogP contribution < -0.4 is 0 Å². The van der Waals surface area contributed by atoms with Gasteiger partial charge in [0.15, 0.2) is 0 Å². The number of hydrogen-bond donors (Lipinski definition) is 0. The lowest BCUT2D eigenvalue weighted by molar-refractivity contribution is -0.140. The van der Waals surface area contributed by atoms with E-state index in [0.29, 0.717) is 13.2 Å². The Hall–Kier alpha value is -2.18. The van der Waals surface area contributed by atoms with Gasteiger partial charge in [-0.25, -0.2) is 0 Å². The summed E-state index contributed by atoms with van der Waals surface area (Å²) in [5, 5.41) is 5.03. The van der Waals surface area contributed by atoms with Crippen LogP contribution in [0.5, 0.6) is 0 Å². The van der Waals surface area contributed by atoms with Crippen molar-refractivity contribution >= 4 is 5.91 Å². The molecule has 1 saturated heterocycles. The summed E-state index contributed by atoms with van der Waals surface area (Å²) in [6.45, 7) is 5.46. The summed E-state index contributed by atoms with van der Waals surface area (Å²) in [7, 11) is 0. The summed E-state index contributed by atoms with van der Waals surface area (Å²) in [5.41, 5.74) is 4.70. The van der Waals surface area contributed by atoms with E-state index in [1.807, 2.05) is 17.9 Å². The highest BCUT2D eigenvalue weighted by molar-refractivity contribution is 5.78. The lowest BCUT2D eigenvalue weighted by Crippen LogP contribution is -2.41. The molecule has 1 aromatic heterocycles. The summed E-state index contributed by atoms with van der Waals surface area (Å²) >= 11 is 0. The van der Waals surface area contributed by atoms with E-state index < -0.39 is 0 Å². The van der Waals surface area contributed by atoms with E-state index in [1.165, 1.54) is 16.8 Å². The second-order valence-corrected chi connectivity index (χ2v) is 7.49. The predicted octanol–water partition coefficient (Wildman–Crippen LogP) is 3.09. The number of hydrogen-bond acceptors (Lipinski definition) is 4. The predicted molar refractivity (Wildman–Crippen MR) is 106 cm³/mol. The Morgan fingerprint density at radius 3 is 2.96 bits per heavy atom. The SMILES string of the molecule is CCOCC(=O)N1CCCCC1c1nn(Cc2ccccc2)c2c1COCC2. The van der Waals surface area contributed by atoms with Crippen LogP contribution in [0.25, 0.3) is 0 Å². The molecule has 28 heavy (non-hydrogen) atoms. The molecule has 1 fully saturated rings. The van der Waals surface area contributed by atoms with Crippen molar-refractivity contribution in [2.75, 3.05) is 26.4 Å². The molecule has 150 valence electrons. The molecule has 1 amide bonds. The number of ether oxygens (including phenoxy) is 2. The van der Waals surface area contributed by atoms with Gasteiger partial charge in [0.2, 0.25) is 5.91 Å². The van der Waals surface area contributed by atoms with E-state index in [1.54, 1.807) is 0 Å². The number of carbonyl (C=O) groups excluding carboxylic acids is 1. The van der Waals surface area contributed by atoms with Crippen molar-refractivity contribution in [2.24, 2.45) is 0 Å². The minimum Gasteiger partial charge on any atom is -0.376 e. The molecule has 1 atom stereocenters. The van der Waals surface area contributed by atoms with Crippen molar-refractivity contribution in [3.8, 4) is 0 Å². The lowest BCUT2D eigenvalue weighted by Gasteiger charge is -2.35. The number of likely N-dealkylation sites (tertiary alicyclic amines) is 1. The van der Waals surface area contributed by atoms with Gasteiger partial charge in [-0.05, 0) is 31.7 Å². The largest absolute Gasteiger partial charge is 0.376 e. The van der Waals surface area contributed by atoms with Gasteiger partial charge >= 0.3 is 0 Å². The van der Waals surface area contributed by atoms with E-state index in [9.17, 15) is 4.79 Å². The standard InChI is InChI=1S/C22H29N3O3/c1-2-27-16-21(26)24-12-7-6-10-20(24)22-18-15-28-13-11-19(18)25(23-22)14-17-8-4-3-5-9-17/h3-5,8-9,20H,2,6-7,10-16H2,1H3. The van der Waals surface area contributed by atoms with Crippen LogP contribution in [0.15, 0.2) is 30.3 Å². The Morgan fingerprint density at radius 1 is 1.29 bits per heavy atom. The molecule has 0 N–H and O–H groups in total. The Kier molecular flexibility index (Phi) is 6.07. The van der Waals surface area contributed by atoms with Gasteiger partial charge in [0.25, 0.3) is 0 Å². The van der Waals surface area contributed by atoms with E-state index in [2.05, 4.69) is 28.9 Å². The molecule has 0 aliphatic carbocycles. The van der Waals surface area contributed by atoms with Crippen LogP contribution in [0.4, 0.5) is 0 Å². The number of amides is 1. The molecule has 6 heteroatoms. The van der Waals surface area contributed by atoms with Gasteiger partial charge in [-0.2, -0.15) is 5.10 Å². The number of piperidine rings is 1. The zero-order chi connectivity index (χ0) is 19.3. The van der Waals surface area contributed by atoms with Gasteiger partial charge in [-0.1, -0.05) is 30.3 Å². The summed E-state index contributed by atoms with van der Waals surface area (Å²) in [6.07, 6.45) is 3.98. The third kappa shape index (κ3) is 3.98. The Balaban J connectivity index is 1.65. The van der Waals surface area contributed by atoms with Crippen molar-refractivity contribution in [1.82, 2.24) is 14.7 Å². The maximum atomic E-state index is 12.7. The fourth-order valence-electron chi connectivity index (χ4n) is 4.28. The molecule has 0 bridgehead atoms. The maximum Gasteiger partial charge on any atom is 0.249 e. The molecular weight excluding hydrogens is 354 g/mol. The third-order valence-corrected chi connectivity index (χ3v) is 5.67. The Labute approximate surface area is 166 Å². The van der Waals surface area contributed by atoms with Crippen LogP contribution in [-0.2, 0) is 33.8 Å². The van der Waals surface area contributed by atoms with Crippen LogP contribution in [0.1, 0.15) is 54.7 Å². The average molecular weight is 383 g/mol. The van der Waals surface area contributed by atoms with Crippen LogP contribution >= 0.6 is 0 Å². The zero-order valence-electron chi connectivity index (χ0n) is 16.6. The first-order chi connectivity index (χ1) is 13.8. The van der Waals surface area contributed by atoms with Gasteiger partial charge < -0.3 is 14.4 Å². The average Bonchev–Trinajstić information content (AvgIpc) is 3.11. The first-order valence-electron chi connectivity index (χ1n) is 10.3. The molecule has 3 heterocycles. The van der Waals surface area contributed by atoms with E-state index >= 15 is 0 Å². The monoisotopic (exact) mass is 383 g/mol. The van der Waals surface area contributed by atoms with Gasteiger partial charge in [-0.3, -0.25) is 9.48 Å². The van der Waals surface area contributed by atoms with Gasteiger partial charge in [0.1, 0.15) is 6.61 Å². The van der Waals surface area contributed by atoms with Crippen LogP contribution in [0.3, 0.4) is 0 Å². The highest BCUT2D eigenvalue weighted by Crippen LogP contribution is 2.35. The van der Waals surface area contributed by atoms with Crippen LogP contribution in [0.2, 0.25) is 0 Å². The van der Waals surface area contributed by atoms with Gasteiger partial charge in [0.05, 0.1) is 31.5 Å². The number of nitrogens with zero attached hydrogens (tertiary/aromatic N) is 3. The molecule has 1 aromatic carbocycles. The highest BCUT2D eigenvalue weighted by Gasteiger charge is 2.34. The smallest absolute Gasteiger partial charge is 0.249 e. The fraction of sp³-hybridized carbons (Fsp3) is 0.545. The molecule has 2 aromatic rings. The van der Waals surface area contributed by atoms with Crippen molar-refractivity contribution < 1.29 is 14.3 Å². The van der Waals surface area contributed by atoms with E-state index in [-0.39, 0.29) is 18.6 Å². The second kappa shape index (κ2) is 8.88. The van der Waals surface area contributed by atoms with Crippen molar-refractivity contribution in [3.63, 3.8) is 0 Å². The summed E-state index contributed by atoms with van der Waals surface area (Å²) in [6, 6.07) is 10.4.